The number of anilines is 2. The molecule has 4 rings (SSSR count). The van der Waals surface area contributed by atoms with Crippen LogP contribution in [0.15, 0.2) is 72.9 Å². The molecule has 0 saturated carbocycles. The molecule has 1 N–H and O–H groups in total. The third-order valence-corrected chi connectivity index (χ3v) is 6.16. The van der Waals surface area contributed by atoms with E-state index in [4.69, 9.17) is 28.6 Å². The zero-order chi connectivity index (χ0) is 24.1. The molecular formula is C25H23ClN4O3S. The topological polar surface area (TPSA) is 74.8 Å². The summed E-state index contributed by atoms with van der Waals surface area (Å²) in [7, 11) is 1.58. The average molecular weight is 495 g/mol. The predicted octanol–water partition coefficient (Wildman–Crippen LogP) is 4.32. The number of methoxy groups -OCH3 is 1. The van der Waals surface area contributed by atoms with Crippen LogP contribution in [-0.4, -0.2) is 46.5 Å². The fourth-order valence-electron chi connectivity index (χ4n) is 3.76. The van der Waals surface area contributed by atoms with Gasteiger partial charge in [-0.05, 0) is 72.9 Å². The molecule has 7 nitrogen and oxygen atoms in total. The molecule has 2 aromatic carbocycles. The normalized spacial score (nSPS) is 15.5. The molecule has 34 heavy (non-hydrogen) atoms. The smallest absolute Gasteiger partial charge is 0.256 e. The average Bonchev–Trinajstić information content (AvgIpc) is 3.08. The third kappa shape index (κ3) is 5.35. The Morgan fingerprint density at radius 2 is 1.85 bits per heavy atom. The van der Waals surface area contributed by atoms with Gasteiger partial charge in [0.05, 0.1) is 19.2 Å². The second kappa shape index (κ2) is 10.6. The lowest BCUT2D eigenvalue weighted by atomic mass is 10.1. The van der Waals surface area contributed by atoms with E-state index in [0.29, 0.717) is 40.2 Å². The maximum Gasteiger partial charge on any atom is 0.256 e. The molecule has 1 fully saturated rings. The first-order valence-corrected chi connectivity index (χ1v) is 11.5. The molecule has 1 aliphatic rings. The quantitative estimate of drug-likeness (QED) is 0.470. The van der Waals surface area contributed by atoms with Crippen molar-refractivity contribution >= 4 is 52.1 Å². The van der Waals surface area contributed by atoms with Crippen LogP contribution in [0.25, 0.3) is 0 Å². The van der Waals surface area contributed by atoms with Crippen molar-refractivity contribution in [3.05, 3.63) is 83.6 Å². The second-order valence-corrected chi connectivity index (χ2v) is 8.50. The summed E-state index contributed by atoms with van der Waals surface area (Å²) >= 11 is 11.7. The molecule has 1 aliphatic heterocycles. The number of rotatable bonds is 8. The molecule has 0 radical (unpaired) electrons. The molecule has 9 heteroatoms. The maximum atomic E-state index is 13.4. The molecule has 1 unspecified atom stereocenters. The number of pyridine rings is 1. The lowest BCUT2D eigenvalue weighted by molar-refractivity contribution is -0.124. The summed E-state index contributed by atoms with van der Waals surface area (Å²) < 4.78 is 5.15. The number of halogens is 1. The molecule has 0 spiro atoms. The van der Waals surface area contributed by atoms with Gasteiger partial charge in [0.15, 0.2) is 5.11 Å². The standard InChI is InChI=1S/C25H23ClN4O3S/c1-33-21-11-7-19(8-12-21)28-23(31)16-22-24(32)30(20-9-5-17(26)6-10-20)25(34)29(22)15-13-18-4-2-3-14-27-18/h2-12,14,22H,13,15-16H2,1H3,(H,28,31). The van der Waals surface area contributed by atoms with Crippen molar-refractivity contribution < 1.29 is 14.3 Å². The number of aromatic nitrogens is 1. The molecule has 0 bridgehead atoms. The van der Waals surface area contributed by atoms with Gasteiger partial charge in [0.2, 0.25) is 5.91 Å². The number of ether oxygens (including phenoxy) is 1. The monoisotopic (exact) mass is 494 g/mol. The van der Waals surface area contributed by atoms with Crippen molar-refractivity contribution in [1.29, 1.82) is 0 Å². The summed E-state index contributed by atoms with van der Waals surface area (Å²) in [6.45, 7) is 0.451. The lowest BCUT2D eigenvalue weighted by Crippen LogP contribution is -2.39. The summed E-state index contributed by atoms with van der Waals surface area (Å²) in [4.78, 5) is 33.9. The molecule has 1 saturated heterocycles. The van der Waals surface area contributed by atoms with Gasteiger partial charge in [-0.15, -0.1) is 0 Å². The van der Waals surface area contributed by atoms with Gasteiger partial charge in [-0.25, -0.2) is 0 Å². The van der Waals surface area contributed by atoms with E-state index in [1.54, 1.807) is 66.7 Å². The number of benzene rings is 2. The van der Waals surface area contributed by atoms with Gasteiger partial charge in [0, 0.05) is 35.6 Å². The van der Waals surface area contributed by atoms with Crippen LogP contribution in [0.5, 0.6) is 5.75 Å². The summed E-state index contributed by atoms with van der Waals surface area (Å²) in [6.07, 6.45) is 2.26. The van der Waals surface area contributed by atoms with E-state index in [0.717, 1.165) is 5.69 Å². The van der Waals surface area contributed by atoms with E-state index < -0.39 is 6.04 Å². The van der Waals surface area contributed by atoms with Gasteiger partial charge in [0.1, 0.15) is 11.8 Å². The number of nitrogens with one attached hydrogen (secondary N) is 1. The second-order valence-electron chi connectivity index (χ2n) is 7.69. The first kappa shape index (κ1) is 23.7. The largest absolute Gasteiger partial charge is 0.497 e. The lowest BCUT2D eigenvalue weighted by Gasteiger charge is -2.23. The van der Waals surface area contributed by atoms with Gasteiger partial charge in [0.25, 0.3) is 5.91 Å². The molecule has 0 aliphatic carbocycles. The Morgan fingerprint density at radius 1 is 1.12 bits per heavy atom. The molecule has 2 heterocycles. The zero-order valence-electron chi connectivity index (χ0n) is 18.5. The van der Waals surface area contributed by atoms with Crippen LogP contribution in [0, 0.1) is 0 Å². The van der Waals surface area contributed by atoms with Crippen molar-refractivity contribution in [2.75, 3.05) is 23.9 Å². The van der Waals surface area contributed by atoms with Gasteiger partial charge in [-0.2, -0.15) is 0 Å². The molecular weight excluding hydrogens is 472 g/mol. The Balaban J connectivity index is 1.53. The van der Waals surface area contributed by atoms with E-state index in [2.05, 4.69) is 10.3 Å². The van der Waals surface area contributed by atoms with Crippen molar-refractivity contribution in [3.63, 3.8) is 0 Å². The van der Waals surface area contributed by atoms with Crippen molar-refractivity contribution in [2.24, 2.45) is 0 Å². The van der Waals surface area contributed by atoms with Crippen LogP contribution in [0.2, 0.25) is 5.02 Å². The number of thiocarbonyl (C=S) groups is 1. The minimum absolute atomic E-state index is 0.0443. The Kier molecular flexibility index (Phi) is 7.40. The number of hydrogen-bond acceptors (Lipinski definition) is 5. The van der Waals surface area contributed by atoms with Gasteiger partial charge in [-0.1, -0.05) is 17.7 Å². The van der Waals surface area contributed by atoms with E-state index in [1.807, 2.05) is 18.2 Å². The summed E-state index contributed by atoms with van der Waals surface area (Å²) in [5, 5.41) is 3.76. The van der Waals surface area contributed by atoms with Crippen LogP contribution < -0.4 is 15.0 Å². The van der Waals surface area contributed by atoms with E-state index in [-0.39, 0.29) is 18.2 Å². The highest BCUT2D eigenvalue weighted by Gasteiger charge is 2.43. The number of hydrogen-bond donors (Lipinski definition) is 1. The number of nitrogens with zero attached hydrogens (tertiary/aromatic N) is 3. The number of amides is 2. The summed E-state index contributed by atoms with van der Waals surface area (Å²) in [6, 6.07) is 18.8. The SMILES string of the molecule is COc1ccc(NC(=O)CC2C(=O)N(c3ccc(Cl)cc3)C(=S)N2CCc2ccccn2)cc1. The third-order valence-electron chi connectivity index (χ3n) is 5.49. The minimum Gasteiger partial charge on any atom is -0.497 e. The Bertz CT molecular complexity index is 1170. The predicted molar refractivity (Wildman–Crippen MR) is 136 cm³/mol. The van der Waals surface area contributed by atoms with Crippen molar-refractivity contribution in [2.45, 2.75) is 18.9 Å². The maximum absolute atomic E-state index is 13.4. The Labute approximate surface area is 208 Å². The molecule has 1 atom stereocenters. The number of carbonyl (C=O) groups excluding carboxylic acids is 2. The highest BCUT2D eigenvalue weighted by Crippen LogP contribution is 2.28. The molecule has 1 aromatic heterocycles. The summed E-state index contributed by atoms with van der Waals surface area (Å²) in [5.41, 5.74) is 2.11. The first-order valence-electron chi connectivity index (χ1n) is 10.7. The van der Waals surface area contributed by atoms with E-state index in [9.17, 15) is 9.59 Å². The fourth-order valence-corrected chi connectivity index (χ4v) is 4.30. The molecule has 174 valence electrons. The fraction of sp³-hybridized carbons (Fsp3) is 0.200. The van der Waals surface area contributed by atoms with Crippen LogP contribution >= 0.6 is 23.8 Å². The van der Waals surface area contributed by atoms with Gasteiger partial charge < -0.3 is 15.0 Å². The van der Waals surface area contributed by atoms with Crippen LogP contribution in [-0.2, 0) is 16.0 Å². The molecule has 3 aromatic rings. The van der Waals surface area contributed by atoms with E-state index in [1.165, 1.54) is 4.90 Å². The highest BCUT2D eigenvalue weighted by atomic mass is 35.5. The minimum atomic E-state index is -0.731. The Morgan fingerprint density at radius 3 is 2.50 bits per heavy atom. The highest BCUT2D eigenvalue weighted by molar-refractivity contribution is 7.80. The molecule has 2 amide bonds. The van der Waals surface area contributed by atoms with E-state index >= 15 is 0 Å². The van der Waals surface area contributed by atoms with Crippen LogP contribution in [0.1, 0.15) is 12.1 Å². The zero-order valence-corrected chi connectivity index (χ0v) is 20.1. The number of carbonyl (C=O) groups is 2. The van der Waals surface area contributed by atoms with Gasteiger partial charge >= 0.3 is 0 Å². The van der Waals surface area contributed by atoms with Crippen molar-refractivity contribution in [3.8, 4) is 5.75 Å². The van der Waals surface area contributed by atoms with Crippen molar-refractivity contribution in [1.82, 2.24) is 9.88 Å². The van der Waals surface area contributed by atoms with Gasteiger partial charge in [-0.3, -0.25) is 19.5 Å². The van der Waals surface area contributed by atoms with Crippen LogP contribution in [0.3, 0.4) is 0 Å². The summed E-state index contributed by atoms with van der Waals surface area (Å²) in [5.74, 6) is 0.152. The van der Waals surface area contributed by atoms with Crippen LogP contribution in [0.4, 0.5) is 11.4 Å². The Hall–Kier alpha value is -3.49. The first-order chi connectivity index (χ1) is 16.5.